The fourth-order valence-corrected chi connectivity index (χ4v) is 3.10. The Hall–Kier alpha value is -0.610. The Morgan fingerprint density at radius 2 is 1.75 bits per heavy atom. The molecule has 0 unspecified atom stereocenters. The summed E-state index contributed by atoms with van der Waals surface area (Å²) >= 11 is 0. The van der Waals surface area contributed by atoms with Gasteiger partial charge in [0, 0.05) is 25.6 Å². The maximum absolute atomic E-state index is 12.0. The first-order valence-corrected chi connectivity index (χ1v) is 8.45. The number of carbonyl (C=O) groups is 1. The van der Waals surface area contributed by atoms with Crippen molar-refractivity contribution in [2.24, 2.45) is 0 Å². The van der Waals surface area contributed by atoms with Gasteiger partial charge in [-0.1, -0.05) is 6.92 Å². The molecule has 0 atom stereocenters. The number of nitrogens with zero attached hydrogens (tertiary/aromatic N) is 2. The number of carbonyl (C=O) groups excluding carboxylic acids is 1. The molecule has 0 aliphatic carbocycles. The Morgan fingerprint density at radius 3 is 2.30 bits per heavy atom. The lowest BCUT2D eigenvalue weighted by Gasteiger charge is -2.34. The van der Waals surface area contributed by atoms with Crippen molar-refractivity contribution < 1.29 is 4.79 Å². The number of rotatable bonds is 9. The number of nitrogens with one attached hydrogen (secondary N) is 1. The van der Waals surface area contributed by atoms with Crippen LogP contribution in [0.1, 0.15) is 52.9 Å². The van der Waals surface area contributed by atoms with E-state index in [4.69, 9.17) is 0 Å². The molecule has 0 aromatic rings. The lowest BCUT2D eigenvalue weighted by atomic mass is 10.0. The van der Waals surface area contributed by atoms with E-state index in [-0.39, 0.29) is 0 Å². The highest BCUT2D eigenvalue weighted by molar-refractivity contribution is 5.76. The Labute approximate surface area is 124 Å². The first-order valence-electron chi connectivity index (χ1n) is 8.45. The van der Waals surface area contributed by atoms with Crippen molar-refractivity contribution in [3.63, 3.8) is 0 Å². The maximum atomic E-state index is 12.0. The van der Waals surface area contributed by atoms with Crippen molar-refractivity contribution in [3.8, 4) is 0 Å². The molecule has 1 saturated heterocycles. The van der Waals surface area contributed by atoms with E-state index in [9.17, 15) is 4.79 Å². The average Bonchev–Trinajstić information content (AvgIpc) is 2.48. The summed E-state index contributed by atoms with van der Waals surface area (Å²) in [6, 6.07) is 0.722. The minimum absolute atomic E-state index is 0.316. The van der Waals surface area contributed by atoms with Crippen molar-refractivity contribution in [3.05, 3.63) is 0 Å². The highest BCUT2D eigenvalue weighted by Gasteiger charge is 2.20. The molecule has 0 saturated carbocycles. The lowest BCUT2D eigenvalue weighted by molar-refractivity contribution is -0.131. The SMILES string of the molecule is CCCN(CCCC(=O)N(CC)CC)C1CCNCC1. The molecular formula is C16H33N3O. The molecule has 1 rings (SSSR count). The van der Waals surface area contributed by atoms with Crippen LogP contribution < -0.4 is 5.32 Å². The summed E-state index contributed by atoms with van der Waals surface area (Å²) in [5.41, 5.74) is 0. The zero-order chi connectivity index (χ0) is 14.8. The van der Waals surface area contributed by atoms with Crippen LogP contribution in [0, 0.1) is 0 Å². The summed E-state index contributed by atoms with van der Waals surface area (Å²) in [7, 11) is 0. The monoisotopic (exact) mass is 283 g/mol. The van der Waals surface area contributed by atoms with E-state index in [0.29, 0.717) is 12.3 Å². The van der Waals surface area contributed by atoms with E-state index in [1.54, 1.807) is 0 Å². The molecule has 1 amide bonds. The zero-order valence-electron chi connectivity index (χ0n) is 13.7. The van der Waals surface area contributed by atoms with Crippen molar-refractivity contribution in [2.45, 2.75) is 58.9 Å². The van der Waals surface area contributed by atoms with Crippen LogP contribution >= 0.6 is 0 Å². The molecule has 4 nitrogen and oxygen atoms in total. The second kappa shape index (κ2) is 10.2. The van der Waals surface area contributed by atoms with Gasteiger partial charge < -0.3 is 15.1 Å². The van der Waals surface area contributed by atoms with Gasteiger partial charge in [-0.05, 0) is 65.7 Å². The number of hydrogen-bond donors (Lipinski definition) is 1. The molecule has 0 spiro atoms. The molecule has 0 bridgehead atoms. The molecule has 1 fully saturated rings. The molecule has 118 valence electrons. The van der Waals surface area contributed by atoms with Crippen LogP contribution in [-0.2, 0) is 4.79 Å². The number of piperidine rings is 1. The van der Waals surface area contributed by atoms with Gasteiger partial charge in [0.15, 0.2) is 0 Å². The first-order chi connectivity index (χ1) is 9.72. The van der Waals surface area contributed by atoms with E-state index >= 15 is 0 Å². The molecule has 20 heavy (non-hydrogen) atoms. The van der Waals surface area contributed by atoms with Crippen LogP contribution in [0.25, 0.3) is 0 Å². The lowest BCUT2D eigenvalue weighted by Crippen LogP contribution is -2.44. The van der Waals surface area contributed by atoms with Gasteiger partial charge in [0.05, 0.1) is 0 Å². The third-order valence-corrected chi connectivity index (χ3v) is 4.29. The minimum atomic E-state index is 0.316. The largest absolute Gasteiger partial charge is 0.343 e. The van der Waals surface area contributed by atoms with E-state index < -0.39 is 0 Å². The van der Waals surface area contributed by atoms with Gasteiger partial charge in [-0.2, -0.15) is 0 Å². The van der Waals surface area contributed by atoms with Gasteiger partial charge in [-0.15, -0.1) is 0 Å². The third kappa shape index (κ3) is 5.80. The van der Waals surface area contributed by atoms with E-state index in [2.05, 4.69) is 31.0 Å². The Bertz CT molecular complexity index is 260. The molecule has 1 N–H and O–H groups in total. The molecule has 0 aromatic carbocycles. The normalized spacial score (nSPS) is 16.6. The van der Waals surface area contributed by atoms with Gasteiger partial charge in [-0.25, -0.2) is 0 Å². The Balaban J connectivity index is 2.33. The van der Waals surface area contributed by atoms with Crippen LogP contribution in [0.15, 0.2) is 0 Å². The molecular weight excluding hydrogens is 250 g/mol. The van der Waals surface area contributed by atoms with Gasteiger partial charge in [-0.3, -0.25) is 4.79 Å². The van der Waals surface area contributed by atoms with E-state index in [1.807, 2.05) is 4.90 Å². The van der Waals surface area contributed by atoms with Crippen LogP contribution in [0.5, 0.6) is 0 Å². The fourth-order valence-electron chi connectivity index (χ4n) is 3.10. The zero-order valence-corrected chi connectivity index (χ0v) is 13.7. The van der Waals surface area contributed by atoms with Gasteiger partial charge in [0.2, 0.25) is 5.91 Å². The Kier molecular flexibility index (Phi) is 8.86. The topological polar surface area (TPSA) is 35.6 Å². The predicted molar refractivity (Wildman–Crippen MR) is 84.9 cm³/mol. The summed E-state index contributed by atoms with van der Waals surface area (Å²) in [6.07, 6.45) is 5.41. The van der Waals surface area contributed by atoms with Crippen molar-refractivity contribution in [2.75, 3.05) is 39.3 Å². The van der Waals surface area contributed by atoms with Gasteiger partial charge >= 0.3 is 0 Å². The summed E-state index contributed by atoms with van der Waals surface area (Å²) in [5, 5.41) is 3.43. The van der Waals surface area contributed by atoms with E-state index in [1.165, 1.54) is 25.8 Å². The molecule has 1 aliphatic heterocycles. The first kappa shape index (κ1) is 17.4. The van der Waals surface area contributed by atoms with E-state index in [0.717, 1.165) is 45.2 Å². The third-order valence-electron chi connectivity index (χ3n) is 4.29. The number of hydrogen-bond acceptors (Lipinski definition) is 3. The molecule has 1 aliphatic rings. The Morgan fingerprint density at radius 1 is 1.10 bits per heavy atom. The van der Waals surface area contributed by atoms with Crippen molar-refractivity contribution in [1.82, 2.24) is 15.1 Å². The maximum Gasteiger partial charge on any atom is 0.222 e. The molecule has 4 heteroatoms. The molecule has 1 heterocycles. The molecule has 0 aromatic heterocycles. The van der Waals surface area contributed by atoms with Gasteiger partial charge in [0.25, 0.3) is 0 Å². The summed E-state index contributed by atoms with van der Waals surface area (Å²) in [4.78, 5) is 16.6. The smallest absolute Gasteiger partial charge is 0.222 e. The summed E-state index contributed by atoms with van der Waals surface area (Å²) < 4.78 is 0. The number of amides is 1. The van der Waals surface area contributed by atoms with Crippen LogP contribution in [0.2, 0.25) is 0 Å². The van der Waals surface area contributed by atoms with Crippen LogP contribution in [0.4, 0.5) is 0 Å². The quantitative estimate of drug-likeness (QED) is 0.704. The second-order valence-corrected chi connectivity index (χ2v) is 5.69. The summed E-state index contributed by atoms with van der Waals surface area (Å²) in [6.45, 7) is 12.6. The van der Waals surface area contributed by atoms with Gasteiger partial charge in [0.1, 0.15) is 0 Å². The van der Waals surface area contributed by atoms with Crippen LogP contribution in [0.3, 0.4) is 0 Å². The van der Waals surface area contributed by atoms with Crippen molar-refractivity contribution in [1.29, 1.82) is 0 Å². The fraction of sp³-hybridized carbons (Fsp3) is 0.938. The highest BCUT2D eigenvalue weighted by atomic mass is 16.2. The second-order valence-electron chi connectivity index (χ2n) is 5.69. The molecule has 0 radical (unpaired) electrons. The summed E-state index contributed by atoms with van der Waals surface area (Å²) in [5.74, 6) is 0.316. The average molecular weight is 283 g/mol. The minimum Gasteiger partial charge on any atom is -0.343 e. The highest BCUT2D eigenvalue weighted by Crippen LogP contribution is 2.13. The van der Waals surface area contributed by atoms with Crippen LogP contribution in [-0.4, -0.2) is 61.0 Å². The predicted octanol–water partition coefficient (Wildman–Crippen LogP) is 2.10. The van der Waals surface area contributed by atoms with Crippen molar-refractivity contribution >= 4 is 5.91 Å². The standard InChI is InChI=1S/C16H33N3O/c1-4-13-19(15-9-11-17-12-10-15)14-7-8-16(20)18(5-2)6-3/h15,17H,4-14H2,1-3H3.